The van der Waals surface area contributed by atoms with Crippen LogP contribution in [0.2, 0.25) is 0 Å². The van der Waals surface area contributed by atoms with Crippen molar-refractivity contribution in [1.29, 1.82) is 0 Å². The van der Waals surface area contributed by atoms with E-state index in [1.54, 1.807) is 30.0 Å². The van der Waals surface area contributed by atoms with Crippen LogP contribution in [0.1, 0.15) is 35.2 Å². The van der Waals surface area contributed by atoms with Gasteiger partial charge in [-0.05, 0) is 48.6 Å². The summed E-state index contributed by atoms with van der Waals surface area (Å²) < 4.78 is 25.8. The maximum atomic E-state index is 14.4. The molecule has 1 saturated heterocycles. The third-order valence-electron chi connectivity index (χ3n) is 5.28. The summed E-state index contributed by atoms with van der Waals surface area (Å²) in [6.45, 7) is 1.00. The zero-order chi connectivity index (χ0) is 21.1. The number of fused-ring (bicyclic) bond motifs is 1. The highest BCUT2D eigenvalue weighted by Gasteiger charge is 2.36. The number of carbonyl (C=O) groups is 2. The SMILES string of the molecule is CSCCCOc1ccc(O[C@@H]2CCN(c3cc(F)c4c(c3)C(=O)CC4)C2=O)cn1. The van der Waals surface area contributed by atoms with Crippen molar-refractivity contribution in [3.8, 4) is 11.6 Å². The van der Waals surface area contributed by atoms with Crippen LogP contribution in [0.25, 0.3) is 0 Å². The lowest BCUT2D eigenvalue weighted by Gasteiger charge is -2.18. The number of carbonyl (C=O) groups excluding carboxylic acids is 2. The lowest BCUT2D eigenvalue weighted by atomic mass is 10.1. The second-order valence-electron chi connectivity index (χ2n) is 7.29. The standard InChI is InChI=1S/C22H23FN2O4S/c1-30-10-2-9-28-21-6-3-15(13-24-21)29-20-7-8-25(22(20)27)14-11-17-16(18(23)12-14)4-5-19(17)26/h3,6,11-13,20H,2,4-5,7-10H2,1H3/t20-/m1/s1. The van der Waals surface area contributed by atoms with Gasteiger partial charge in [0.1, 0.15) is 11.6 Å². The zero-order valence-corrected chi connectivity index (χ0v) is 17.5. The summed E-state index contributed by atoms with van der Waals surface area (Å²) in [6.07, 6.45) is 5.07. The number of Topliss-reactive ketones (excluding diaryl/α,β-unsaturated/α-hetero) is 1. The molecule has 4 rings (SSSR count). The van der Waals surface area contributed by atoms with Crippen LogP contribution in [-0.4, -0.2) is 47.9 Å². The third-order valence-corrected chi connectivity index (χ3v) is 5.98. The smallest absolute Gasteiger partial charge is 0.268 e. The summed E-state index contributed by atoms with van der Waals surface area (Å²) in [4.78, 5) is 30.5. The van der Waals surface area contributed by atoms with E-state index in [-0.39, 0.29) is 11.7 Å². The molecule has 158 valence electrons. The van der Waals surface area contributed by atoms with Gasteiger partial charge in [0.05, 0.1) is 12.8 Å². The van der Waals surface area contributed by atoms with Gasteiger partial charge in [0.25, 0.3) is 5.91 Å². The van der Waals surface area contributed by atoms with E-state index >= 15 is 0 Å². The number of anilines is 1. The molecule has 1 aliphatic heterocycles. The molecule has 2 heterocycles. The number of ketones is 1. The molecule has 1 aromatic carbocycles. The maximum absolute atomic E-state index is 14.4. The Morgan fingerprint density at radius 1 is 1.27 bits per heavy atom. The fourth-order valence-electron chi connectivity index (χ4n) is 3.74. The Morgan fingerprint density at radius 2 is 2.13 bits per heavy atom. The second kappa shape index (κ2) is 9.04. The Hall–Kier alpha value is -2.61. The van der Waals surface area contributed by atoms with E-state index in [1.807, 2.05) is 0 Å². The number of hydrogen-bond donors (Lipinski definition) is 0. The first kappa shape index (κ1) is 20.7. The molecule has 1 atom stereocenters. The van der Waals surface area contributed by atoms with Crippen molar-refractivity contribution >= 4 is 29.1 Å². The van der Waals surface area contributed by atoms with Crippen molar-refractivity contribution in [3.63, 3.8) is 0 Å². The average Bonchev–Trinajstić information content (AvgIpc) is 3.30. The molecule has 0 bridgehead atoms. The summed E-state index contributed by atoms with van der Waals surface area (Å²) in [6, 6.07) is 6.40. The number of thioether (sulfide) groups is 1. The third kappa shape index (κ3) is 4.28. The molecule has 1 aromatic heterocycles. The molecule has 6 nitrogen and oxygen atoms in total. The Balaban J connectivity index is 1.39. The Morgan fingerprint density at radius 3 is 2.90 bits per heavy atom. The van der Waals surface area contributed by atoms with E-state index < -0.39 is 11.9 Å². The molecule has 0 saturated carbocycles. The van der Waals surface area contributed by atoms with Gasteiger partial charge in [-0.2, -0.15) is 11.8 Å². The highest BCUT2D eigenvalue weighted by atomic mass is 32.2. The summed E-state index contributed by atoms with van der Waals surface area (Å²) in [7, 11) is 0. The molecule has 1 aliphatic carbocycles. The Labute approximate surface area is 178 Å². The van der Waals surface area contributed by atoms with Crippen LogP contribution in [0.3, 0.4) is 0 Å². The molecule has 0 N–H and O–H groups in total. The van der Waals surface area contributed by atoms with Gasteiger partial charge in [-0.1, -0.05) is 0 Å². The van der Waals surface area contributed by atoms with E-state index in [0.717, 1.165) is 12.2 Å². The van der Waals surface area contributed by atoms with Crippen molar-refractivity contribution in [2.75, 3.05) is 30.1 Å². The van der Waals surface area contributed by atoms with Crippen LogP contribution in [0, 0.1) is 5.82 Å². The quantitative estimate of drug-likeness (QED) is 0.596. The number of halogens is 1. The van der Waals surface area contributed by atoms with Gasteiger partial charge >= 0.3 is 0 Å². The average molecular weight is 431 g/mol. The number of pyridine rings is 1. The van der Waals surface area contributed by atoms with Crippen molar-refractivity contribution < 1.29 is 23.5 Å². The fourth-order valence-corrected chi connectivity index (χ4v) is 4.15. The number of benzene rings is 1. The molecule has 1 fully saturated rings. The molecular weight excluding hydrogens is 407 g/mol. The van der Waals surface area contributed by atoms with E-state index in [4.69, 9.17) is 9.47 Å². The lowest BCUT2D eigenvalue weighted by molar-refractivity contribution is -0.122. The van der Waals surface area contributed by atoms with Crippen molar-refractivity contribution in [2.24, 2.45) is 0 Å². The number of amides is 1. The molecule has 0 unspecified atom stereocenters. The van der Waals surface area contributed by atoms with Crippen LogP contribution in [0.5, 0.6) is 11.6 Å². The van der Waals surface area contributed by atoms with E-state index in [0.29, 0.717) is 60.9 Å². The summed E-state index contributed by atoms with van der Waals surface area (Å²) in [5.74, 6) is 1.26. The van der Waals surface area contributed by atoms with Crippen molar-refractivity contribution in [3.05, 3.63) is 47.4 Å². The Bertz CT molecular complexity index is 951. The highest BCUT2D eigenvalue weighted by molar-refractivity contribution is 7.98. The van der Waals surface area contributed by atoms with Crippen molar-refractivity contribution in [2.45, 2.75) is 31.8 Å². The molecule has 2 aliphatic rings. The summed E-state index contributed by atoms with van der Waals surface area (Å²) >= 11 is 1.77. The topological polar surface area (TPSA) is 68.7 Å². The van der Waals surface area contributed by atoms with Gasteiger partial charge in [-0.3, -0.25) is 9.59 Å². The van der Waals surface area contributed by atoms with Crippen LogP contribution in [0.4, 0.5) is 10.1 Å². The van der Waals surface area contributed by atoms with E-state index in [1.165, 1.54) is 17.2 Å². The van der Waals surface area contributed by atoms with Gasteiger partial charge < -0.3 is 14.4 Å². The van der Waals surface area contributed by atoms with Crippen LogP contribution in [-0.2, 0) is 11.2 Å². The number of rotatable bonds is 8. The maximum Gasteiger partial charge on any atom is 0.268 e. The predicted molar refractivity (Wildman–Crippen MR) is 113 cm³/mol. The second-order valence-corrected chi connectivity index (χ2v) is 8.27. The Kier molecular flexibility index (Phi) is 6.22. The largest absolute Gasteiger partial charge is 0.479 e. The first-order chi connectivity index (χ1) is 14.6. The number of hydrogen-bond acceptors (Lipinski definition) is 6. The number of nitrogens with zero attached hydrogens (tertiary/aromatic N) is 2. The van der Waals surface area contributed by atoms with E-state index in [9.17, 15) is 14.0 Å². The molecule has 8 heteroatoms. The number of ether oxygens (including phenoxy) is 2. The minimum absolute atomic E-state index is 0.0768. The minimum Gasteiger partial charge on any atom is -0.479 e. The molecular formula is C22H23FN2O4S. The van der Waals surface area contributed by atoms with Gasteiger partial charge in [-0.15, -0.1) is 0 Å². The molecule has 0 spiro atoms. The predicted octanol–water partition coefficient (Wildman–Crippen LogP) is 3.67. The molecule has 0 radical (unpaired) electrons. The lowest BCUT2D eigenvalue weighted by Crippen LogP contribution is -2.32. The van der Waals surface area contributed by atoms with Crippen molar-refractivity contribution in [1.82, 2.24) is 4.98 Å². The molecule has 30 heavy (non-hydrogen) atoms. The normalized spacial score (nSPS) is 18.1. The number of aromatic nitrogens is 1. The summed E-state index contributed by atoms with van der Waals surface area (Å²) in [5.41, 5.74) is 1.24. The van der Waals surface area contributed by atoms with Crippen LogP contribution >= 0.6 is 11.8 Å². The minimum atomic E-state index is -0.674. The molecule has 1 amide bonds. The monoisotopic (exact) mass is 430 g/mol. The zero-order valence-electron chi connectivity index (χ0n) is 16.7. The first-order valence-electron chi connectivity index (χ1n) is 9.98. The summed E-state index contributed by atoms with van der Waals surface area (Å²) in [5, 5.41) is 0. The van der Waals surface area contributed by atoms with Crippen LogP contribution < -0.4 is 14.4 Å². The van der Waals surface area contributed by atoms with E-state index in [2.05, 4.69) is 11.2 Å². The highest BCUT2D eigenvalue weighted by Crippen LogP contribution is 2.32. The molecule has 2 aromatic rings. The van der Waals surface area contributed by atoms with Gasteiger partial charge in [0.2, 0.25) is 5.88 Å². The fraction of sp³-hybridized carbons (Fsp3) is 0.409. The van der Waals surface area contributed by atoms with Gasteiger partial charge in [0.15, 0.2) is 11.9 Å². The van der Waals surface area contributed by atoms with Crippen LogP contribution in [0.15, 0.2) is 30.5 Å². The first-order valence-corrected chi connectivity index (χ1v) is 11.4. The van der Waals surface area contributed by atoms with Gasteiger partial charge in [-0.25, -0.2) is 9.37 Å². The van der Waals surface area contributed by atoms with Gasteiger partial charge in [0, 0.05) is 36.7 Å².